The fourth-order valence-electron chi connectivity index (χ4n) is 4.10. The summed E-state index contributed by atoms with van der Waals surface area (Å²) in [6.07, 6.45) is 9.63. The van der Waals surface area contributed by atoms with Gasteiger partial charge in [-0.05, 0) is 58.2 Å². The molecule has 5 unspecified atom stereocenters. The Morgan fingerprint density at radius 2 is 1.93 bits per heavy atom. The van der Waals surface area contributed by atoms with Crippen molar-refractivity contribution in [3.05, 3.63) is 24.3 Å². The summed E-state index contributed by atoms with van der Waals surface area (Å²) >= 11 is 0. The van der Waals surface area contributed by atoms with Crippen LogP contribution in [0.25, 0.3) is 0 Å². The number of hydrogen-bond acceptors (Lipinski definition) is 7. The zero-order valence-corrected chi connectivity index (χ0v) is 17.7. The van der Waals surface area contributed by atoms with Crippen LogP contribution in [-0.4, -0.2) is 48.9 Å². The van der Waals surface area contributed by atoms with Crippen molar-refractivity contribution in [1.82, 2.24) is 20.7 Å². The molecule has 5 atom stereocenters. The van der Waals surface area contributed by atoms with Crippen molar-refractivity contribution >= 4 is 0 Å². The molecule has 2 aliphatic carbocycles. The predicted molar refractivity (Wildman–Crippen MR) is 111 cm³/mol. The van der Waals surface area contributed by atoms with E-state index in [1.165, 1.54) is 13.5 Å². The van der Waals surface area contributed by atoms with E-state index < -0.39 is 0 Å². The van der Waals surface area contributed by atoms with Crippen molar-refractivity contribution in [3.8, 4) is 0 Å². The highest BCUT2D eigenvalue weighted by atomic mass is 16.5. The van der Waals surface area contributed by atoms with E-state index in [1.807, 2.05) is 39.4 Å². The Bertz CT molecular complexity index is 499. The third kappa shape index (κ3) is 5.93. The summed E-state index contributed by atoms with van der Waals surface area (Å²) in [5.41, 5.74) is 7.62. The molecule has 3 rings (SSSR count). The second-order valence-electron chi connectivity index (χ2n) is 6.94. The van der Waals surface area contributed by atoms with Crippen molar-refractivity contribution in [3.63, 3.8) is 0 Å². The van der Waals surface area contributed by atoms with Gasteiger partial charge in [0.05, 0.1) is 12.7 Å². The first-order valence-electron chi connectivity index (χ1n) is 10.3. The SMILES string of the molecule is CC.CCC(NN)C(COC1CCC2(c3ncccn3)CC2C1)NC.CN. The molecule has 2 saturated carbocycles. The lowest BCUT2D eigenvalue weighted by Crippen LogP contribution is -2.52. The molecule has 0 aromatic carbocycles. The average molecular weight is 381 g/mol. The van der Waals surface area contributed by atoms with Gasteiger partial charge in [0.25, 0.3) is 0 Å². The van der Waals surface area contributed by atoms with Crippen LogP contribution in [0.3, 0.4) is 0 Å². The third-order valence-electron chi connectivity index (χ3n) is 5.72. The average Bonchev–Trinajstić information content (AvgIpc) is 3.50. The number of likely N-dealkylation sites (N-methyl/N-ethyl adjacent to an activating group) is 1. The van der Waals surface area contributed by atoms with Crippen LogP contribution >= 0.6 is 0 Å². The van der Waals surface area contributed by atoms with Gasteiger partial charge in [-0.1, -0.05) is 20.8 Å². The molecule has 2 fully saturated rings. The smallest absolute Gasteiger partial charge is 0.134 e. The van der Waals surface area contributed by atoms with Crippen LogP contribution in [0.4, 0.5) is 0 Å². The largest absolute Gasteiger partial charge is 0.377 e. The lowest BCUT2D eigenvalue weighted by molar-refractivity contribution is 0.00592. The maximum Gasteiger partial charge on any atom is 0.134 e. The molecule has 1 aromatic rings. The number of hydrazine groups is 1. The van der Waals surface area contributed by atoms with Gasteiger partial charge in [-0.3, -0.25) is 11.3 Å². The van der Waals surface area contributed by atoms with E-state index in [1.54, 1.807) is 0 Å². The van der Waals surface area contributed by atoms with E-state index in [2.05, 4.69) is 33.4 Å². The Morgan fingerprint density at radius 1 is 1.26 bits per heavy atom. The van der Waals surface area contributed by atoms with Gasteiger partial charge in [-0.15, -0.1) is 0 Å². The van der Waals surface area contributed by atoms with E-state index in [4.69, 9.17) is 10.6 Å². The van der Waals surface area contributed by atoms with Gasteiger partial charge in [0.1, 0.15) is 5.82 Å². The predicted octanol–water partition coefficient (Wildman–Crippen LogP) is 1.73. The molecule has 0 saturated heterocycles. The van der Waals surface area contributed by atoms with Crippen molar-refractivity contribution in [2.24, 2.45) is 17.5 Å². The molecule has 0 radical (unpaired) electrons. The number of nitrogens with one attached hydrogen (secondary N) is 2. The summed E-state index contributed by atoms with van der Waals surface area (Å²) in [5, 5.41) is 3.31. The standard InChI is InChI=1S/C17H29N5O.C2H6.CH5N/c1-3-14(22-18)15(19-2)11-23-13-5-6-17(10-12(17)9-13)16-20-7-4-8-21-16;2*1-2/h4,7-8,12-15,19,22H,3,5-6,9-11,18H2,1-2H3;1-2H3;2H2,1H3. The zero-order chi connectivity index (χ0) is 20.3. The minimum atomic E-state index is 0.237. The van der Waals surface area contributed by atoms with Gasteiger partial charge < -0.3 is 15.8 Å². The van der Waals surface area contributed by atoms with Gasteiger partial charge in [0, 0.05) is 29.9 Å². The minimum absolute atomic E-state index is 0.237. The number of aromatic nitrogens is 2. The van der Waals surface area contributed by atoms with Gasteiger partial charge in [0.15, 0.2) is 0 Å². The Hall–Kier alpha value is -1.12. The lowest BCUT2D eigenvalue weighted by Gasteiger charge is -2.31. The molecule has 1 aromatic heterocycles. The molecule has 156 valence electrons. The fraction of sp³-hybridized carbons (Fsp3) is 0.800. The molecule has 0 spiro atoms. The minimum Gasteiger partial charge on any atom is -0.377 e. The number of rotatable bonds is 8. The molecule has 7 heteroatoms. The highest BCUT2D eigenvalue weighted by Crippen LogP contribution is 2.61. The van der Waals surface area contributed by atoms with Crippen molar-refractivity contribution in [1.29, 1.82) is 0 Å². The summed E-state index contributed by atoms with van der Waals surface area (Å²) in [6.45, 7) is 6.83. The van der Waals surface area contributed by atoms with E-state index in [0.717, 1.165) is 31.5 Å². The number of hydrogen-bond donors (Lipinski definition) is 4. The van der Waals surface area contributed by atoms with Gasteiger partial charge in [0.2, 0.25) is 0 Å². The van der Waals surface area contributed by atoms with E-state index in [-0.39, 0.29) is 17.5 Å². The maximum absolute atomic E-state index is 6.20. The molecular formula is C20H40N6O. The summed E-state index contributed by atoms with van der Waals surface area (Å²) in [7, 11) is 3.47. The Morgan fingerprint density at radius 3 is 2.44 bits per heavy atom. The number of fused-ring (bicyclic) bond motifs is 1. The monoisotopic (exact) mass is 380 g/mol. The Kier molecular flexibility index (Phi) is 10.9. The molecule has 7 nitrogen and oxygen atoms in total. The Balaban J connectivity index is 0.000000855. The van der Waals surface area contributed by atoms with Crippen molar-refractivity contribution in [2.75, 3.05) is 20.7 Å². The van der Waals surface area contributed by atoms with Crippen LogP contribution in [-0.2, 0) is 10.2 Å². The van der Waals surface area contributed by atoms with Crippen molar-refractivity contribution in [2.45, 2.75) is 76.5 Å². The van der Waals surface area contributed by atoms with Crippen LogP contribution in [0.5, 0.6) is 0 Å². The van der Waals surface area contributed by atoms with E-state index >= 15 is 0 Å². The first-order chi connectivity index (χ1) is 13.2. The van der Waals surface area contributed by atoms with Crippen molar-refractivity contribution < 1.29 is 4.74 Å². The number of nitrogens with two attached hydrogens (primary N) is 2. The third-order valence-corrected chi connectivity index (χ3v) is 5.72. The summed E-state index contributed by atoms with van der Waals surface area (Å²) in [4.78, 5) is 8.98. The molecule has 6 N–H and O–H groups in total. The van der Waals surface area contributed by atoms with Gasteiger partial charge in [-0.25, -0.2) is 9.97 Å². The van der Waals surface area contributed by atoms with Crippen LogP contribution in [0.2, 0.25) is 0 Å². The van der Waals surface area contributed by atoms with Crippen LogP contribution < -0.4 is 22.3 Å². The summed E-state index contributed by atoms with van der Waals surface area (Å²) in [5.74, 6) is 7.34. The molecule has 0 amide bonds. The molecule has 27 heavy (non-hydrogen) atoms. The number of ether oxygens (including phenoxy) is 1. The Labute approximate surface area is 165 Å². The highest BCUT2D eigenvalue weighted by molar-refractivity contribution is 5.24. The first-order valence-corrected chi connectivity index (χ1v) is 10.3. The number of nitrogens with zero attached hydrogens (tertiary/aromatic N) is 2. The van der Waals surface area contributed by atoms with E-state index in [0.29, 0.717) is 18.6 Å². The zero-order valence-electron chi connectivity index (χ0n) is 17.7. The summed E-state index contributed by atoms with van der Waals surface area (Å²) < 4.78 is 6.20. The fourth-order valence-corrected chi connectivity index (χ4v) is 4.10. The maximum atomic E-state index is 6.20. The lowest BCUT2D eigenvalue weighted by atomic mass is 9.86. The molecular weight excluding hydrogens is 340 g/mol. The quantitative estimate of drug-likeness (QED) is 0.401. The second kappa shape index (κ2) is 12.4. The van der Waals surface area contributed by atoms with Crippen LogP contribution in [0.15, 0.2) is 18.5 Å². The molecule has 0 aliphatic heterocycles. The van der Waals surface area contributed by atoms with Gasteiger partial charge >= 0.3 is 0 Å². The van der Waals surface area contributed by atoms with Gasteiger partial charge in [-0.2, -0.15) is 0 Å². The summed E-state index contributed by atoms with van der Waals surface area (Å²) in [6, 6.07) is 2.37. The highest BCUT2D eigenvalue weighted by Gasteiger charge is 2.59. The first kappa shape index (κ1) is 23.9. The van der Waals surface area contributed by atoms with E-state index in [9.17, 15) is 0 Å². The molecule has 1 heterocycles. The second-order valence-corrected chi connectivity index (χ2v) is 6.94. The van der Waals surface area contributed by atoms with Crippen LogP contribution in [0, 0.1) is 5.92 Å². The topological polar surface area (TPSA) is 111 Å². The van der Waals surface area contributed by atoms with Crippen LogP contribution in [0.1, 0.15) is 58.7 Å². The normalized spacial score (nSPS) is 27.8. The molecule has 2 aliphatic rings. The molecule has 0 bridgehead atoms.